The molecule has 0 aliphatic heterocycles. The van der Waals surface area contributed by atoms with Gasteiger partial charge in [-0.1, -0.05) is 42.5 Å². The summed E-state index contributed by atoms with van der Waals surface area (Å²) in [5.74, 6) is 0.259. The zero-order valence-corrected chi connectivity index (χ0v) is 11.9. The molecular formula is C19H17NO. The Kier molecular flexibility index (Phi) is 3.61. The molecule has 3 rings (SSSR count). The summed E-state index contributed by atoms with van der Waals surface area (Å²) in [5, 5.41) is 12.8. The summed E-state index contributed by atoms with van der Waals surface area (Å²) in [4.78, 5) is 0. The topological polar surface area (TPSA) is 32.3 Å². The number of aryl methyl sites for hydroxylation is 1. The Morgan fingerprint density at radius 1 is 0.762 bits per heavy atom. The maximum atomic E-state index is 9.52. The third-order valence-electron chi connectivity index (χ3n) is 3.45. The zero-order chi connectivity index (χ0) is 14.7. The molecule has 0 bridgehead atoms. The van der Waals surface area contributed by atoms with Gasteiger partial charge in [0.25, 0.3) is 0 Å². The molecule has 0 amide bonds. The van der Waals surface area contributed by atoms with Crippen LogP contribution in [0.25, 0.3) is 11.1 Å². The van der Waals surface area contributed by atoms with Crippen LogP contribution in [0.15, 0.2) is 72.8 Å². The van der Waals surface area contributed by atoms with Crippen molar-refractivity contribution in [3.63, 3.8) is 0 Å². The van der Waals surface area contributed by atoms with E-state index in [2.05, 4.69) is 42.6 Å². The van der Waals surface area contributed by atoms with Gasteiger partial charge in [0.15, 0.2) is 0 Å². The van der Waals surface area contributed by atoms with Gasteiger partial charge >= 0.3 is 0 Å². The SMILES string of the molecule is Cc1ccccc1-c1cccc(Nc2cccc(O)c2)c1. The monoisotopic (exact) mass is 275 g/mol. The van der Waals surface area contributed by atoms with E-state index in [1.54, 1.807) is 12.1 Å². The molecule has 0 radical (unpaired) electrons. The van der Waals surface area contributed by atoms with Crippen molar-refractivity contribution in [2.75, 3.05) is 5.32 Å². The Bertz CT molecular complexity index is 765. The molecule has 0 spiro atoms. The van der Waals surface area contributed by atoms with Crippen LogP contribution in [0.5, 0.6) is 5.75 Å². The van der Waals surface area contributed by atoms with Gasteiger partial charge in [0.2, 0.25) is 0 Å². The molecule has 0 aromatic heterocycles. The number of hydrogen-bond donors (Lipinski definition) is 2. The van der Waals surface area contributed by atoms with Crippen LogP contribution in [0, 0.1) is 6.92 Å². The van der Waals surface area contributed by atoms with E-state index in [0.29, 0.717) is 0 Å². The van der Waals surface area contributed by atoms with Crippen LogP contribution in [0.3, 0.4) is 0 Å². The molecule has 0 atom stereocenters. The minimum atomic E-state index is 0.259. The van der Waals surface area contributed by atoms with Crippen LogP contribution in [0.2, 0.25) is 0 Å². The van der Waals surface area contributed by atoms with Crippen molar-refractivity contribution in [3.8, 4) is 16.9 Å². The van der Waals surface area contributed by atoms with Crippen molar-refractivity contribution in [2.24, 2.45) is 0 Å². The van der Waals surface area contributed by atoms with Crippen molar-refractivity contribution < 1.29 is 5.11 Å². The molecule has 2 N–H and O–H groups in total. The van der Waals surface area contributed by atoms with Crippen molar-refractivity contribution in [2.45, 2.75) is 6.92 Å². The van der Waals surface area contributed by atoms with E-state index < -0.39 is 0 Å². The summed E-state index contributed by atoms with van der Waals surface area (Å²) in [6, 6.07) is 23.7. The summed E-state index contributed by atoms with van der Waals surface area (Å²) < 4.78 is 0. The van der Waals surface area contributed by atoms with Gasteiger partial charge in [-0.3, -0.25) is 0 Å². The molecule has 104 valence electrons. The molecule has 2 heteroatoms. The Morgan fingerprint density at radius 2 is 1.48 bits per heavy atom. The molecule has 0 aliphatic rings. The lowest BCUT2D eigenvalue weighted by Crippen LogP contribution is -1.91. The number of hydrogen-bond acceptors (Lipinski definition) is 2. The van der Waals surface area contributed by atoms with Gasteiger partial charge < -0.3 is 10.4 Å². The number of phenolic OH excluding ortho intramolecular Hbond substituents is 1. The van der Waals surface area contributed by atoms with Gasteiger partial charge in [-0.25, -0.2) is 0 Å². The minimum absolute atomic E-state index is 0.259. The van der Waals surface area contributed by atoms with Gasteiger partial charge in [-0.2, -0.15) is 0 Å². The molecule has 2 nitrogen and oxygen atoms in total. The molecule has 0 heterocycles. The quantitative estimate of drug-likeness (QED) is 0.696. The highest BCUT2D eigenvalue weighted by molar-refractivity contribution is 5.73. The van der Waals surface area contributed by atoms with E-state index in [1.807, 2.05) is 30.3 Å². The lowest BCUT2D eigenvalue weighted by molar-refractivity contribution is 0.475. The van der Waals surface area contributed by atoms with E-state index >= 15 is 0 Å². The smallest absolute Gasteiger partial charge is 0.117 e. The summed E-state index contributed by atoms with van der Waals surface area (Å²) in [6.45, 7) is 2.12. The average Bonchev–Trinajstić information content (AvgIpc) is 2.48. The summed E-state index contributed by atoms with van der Waals surface area (Å²) >= 11 is 0. The number of benzene rings is 3. The second kappa shape index (κ2) is 5.71. The first-order valence-corrected chi connectivity index (χ1v) is 6.94. The molecule has 0 saturated carbocycles. The van der Waals surface area contributed by atoms with Gasteiger partial charge in [-0.15, -0.1) is 0 Å². The van der Waals surface area contributed by atoms with Crippen LogP contribution < -0.4 is 5.32 Å². The first kappa shape index (κ1) is 13.3. The Labute approximate surface area is 124 Å². The third kappa shape index (κ3) is 3.06. The first-order valence-electron chi connectivity index (χ1n) is 6.94. The fourth-order valence-electron chi connectivity index (χ4n) is 2.41. The van der Waals surface area contributed by atoms with Crippen molar-refractivity contribution >= 4 is 11.4 Å². The van der Waals surface area contributed by atoms with Gasteiger partial charge in [-0.05, 0) is 47.9 Å². The van der Waals surface area contributed by atoms with Crippen LogP contribution in [0.4, 0.5) is 11.4 Å². The highest BCUT2D eigenvalue weighted by Gasteiger charge is 2.02. The summed E-state index contributed by atoms with van der Waals surface area (Å²) in [5.41, 5.74) is 5.54. The fourth-order valence-corrected chi connectivity index (χ4v) is 2.41. The van der Waals surface area contributed by atoms with Gasteiger partial charge in [0.05, 0.1) is 0 Å². The predicted octanol–water partition coefficient (Wildman–Crippen LogP) is 5.11. The third-order valence-corrected chi connectivity index (χ3v) is 3.45. The van der Waals surface area contributed by atoms with E-state index in [9.17, 15) is 5.11 Å². The number of phenols is 1. The highest BCUT2D eigenvalue weighted by atomic mass is 16.3. The molecule has 0 unspecified atom stereocenters. The molecule has 0 fully saturated rings. The molecule has 0 aliphatic carbocycles. The van der Waals surface area contributed by atoms with Crippen LogP contribution in [-0.4, -0.2) is 5.11 Å². The van der Waals surface area contributed by atoms with Crippen LogP contribution in [-0.2, 0) is 0 Å². The number of rotatable bonds is 3. The van der Waals surface area contributed by atoms with Crippen LogP contribution >= 0.6 is 0 Å². The number of nitrogens with one attached hydrogen (secondary N) is 1. The largest absolute Gasteiger partial charge is 0.508 e. The molecule has 3 aromatic carbocycles. The number of aromatic hydroxyl groups is 1. The maximum Gasteiger partial charge on any atom is 0.117 e. The van der Waals surface area contributed by atoms with Crippen molar-refractivity contribution in [1.29, 1.82) is 0 Å². The second-order valence-electron chi connectivity index (χ2n) is 5.07. The molecule has 21 heavy (non-hydrogen) atoms. The molecule has 0 saturated heterocycles. The Balaban J connectivity index is 1.92. The van der Waals surface area contributed by atoms with E-state index in [0.717, 1.165) is 11.4 Å². The Morgan fingerprint density at radius 3 is 2.24 bits per heavy atom. The average molecular weight is 275 g/mol. The molecular weight excluding hydrogens is 258 g/mol. The summed E-state index contributed by atoms with van der Waals surface area (Å²) in [7, 11) is 0. The maximum absolute atomic E-state index is 9.52. The normalized spacial score (nSPS) is 10.3. The van der Waals surface area contributed by atoms with Crippen LogP contribution in [0.1, 0.15) is 5.56 Å². The van der Waals surface area contributed by atoms with E-state index in [4.69, 9.17) is 0 Å². The second-order valence-corrected chi connectivity index (χ2v) is 5.07. The lowest BCUT2D eigenvalue weighted by Gasteiger charge is -2.10. The zero-order valence-electron chi connectivity index (χ0n) is 11.9. The highest BCUT2D eigenvalue weighted by Crippen LogP contribution is 2.27. The predicted molar refractivity (Wildman–Crippen MR) is 88.0 cm³/mol. The van der Waals surface area contributed by atoms with Gasteiger partial charge in [0, 0.05) is 17.4 Å². The molecule has 3 aromatic rings. The number of anilines is 2. The van der Waals surface area contributed by atoms with Gasteiger partial charge in [0.1, 0.15) is 5.75 Å². The first-order chi connectivity index (χ1) is 10.2. The standard InChI is InChI=1S/C19H17NO/c1-14-6-2-3-11-19(14)15-7-4-8-16(12-15)20-17-9-5-10-18(21)13-17/h2-13,20-21H,1H3. The van der Waals surface area contributed by atoms with E-state index in [-0.39, 0.29) is 5.75 Å². The van der Waals surface area contributed by atoms with E-state index in [1.165, 1.54) is 16.7 Å². The fraction of sp³-hybridized carbons (Fsp3) is 0.0526. The van der Waals surface area contributed by atoms with Crippen molar-refractivity contribution in [3.05, 3.63) is 78.4 Å². The minimum Gasteiger partial charge on any atom is -0.508 e. The lowest BCUT2D eigenvalue weighted by atomic mass is 10.0. The van der Waals surface area contributed by atoms with Crippen molar-refractivity contribution in [1.82, 2.24) is 0 Å². The Hall–Kier alpha value is -2.74. The summed E-state index contributed by atoms with van der Waals surface area (Å²) in [6.07, 6.45) is 0.